The zero-order chi connectivity index (χ0) is 29.4. The molecule has 0 saturated carbocycles. The van der Waals surface area contributed by atoms with Gasteiger partial charge < -0.3 is 14.2 Å². The highest BCUT2D eigenvalue weighted by atomic mass is 32.2. The molecule has 0 bridgehead atoms. The Morgan fingerprint density at radius 3 is 2.22 bits per heavy atom. The lowest BCUT2D eigenvalue weighted by Crippen LogP contribution is -2.39. The molecule has 41 heavy (non-hydrogen) atoms. The zero-order valence-corrected chi connectivity index (χ0v) is 25.9. The molecule has 4 rings (SSSR count). The molecule has 1 saturated heterocycles. The molecule has 0 N–H and O–H groups in total. The van der Waals surface area contributed by atoms with E-state index < -0.39 is 10.0 Å². The maximum absolute atomic E-state index is 13.9. The zero-order valence-electron chi connectivity index (χ0n) is 24.3. The first-order chi connectivity index (χ1) is 19.8. The summed E-state index contributed by atoms with van der Waals surface area (Å²) in [6.45, 7) is 9.26. The number of morpholine rings is 1. The Hall–Kier alpha value is -2.77. The summed E-state index contributed by atoms with van der Waals surface area (Å²) >= 11 is 1.37. The molecule has 1 aromatic heterocycles. The van der Waals surface area contributed by atoms with Crippen molar-refractivity contribution in [2.45, 2.75) is 38.0 Å². The van der Waals surface area contributed by atoms with Crippen LogP contribution in [-0.2, 0) is 14.8 Å². The largest absolute Gasteiger partial charge is 0.495 e. The number of ether oxygens (including phenoxy) is 3. The highest BCUT2D eigenvalue weighted by Gasteiger charge is 2.26. The van der Waals surface area contributed by atoms with Gasteiger partial charge in [-0.25, -0.2) is 13.4 Å². The van der Waals surface area contributed by atoms with Crippen LogP contribution < -0.4 is 14.4 Å². The van der Waals surface area contributed by atoms with Crippen molar-refractivity contribution in [1.29, 1.82) is 0 Å². The van der Waals surface area contributed by atoms with Crippen LogP contribution in [0.5, 0.6) is 11.5 Å². The molecule has 0 spiro atoms. The highest BCUT2D eigenvalue weighted by molar-refractivity contribution is 7.89. The van der Waals surface area contributed by atoms with Gasteiger partial charge in [0.15, 0.2) is 5.13 Å². The number of carbonyl (C=O) groups is 1. The first-order valence-electron chi connectivity index (χ1n) is 14.1. The molecule has 1 amide bonds. The molecular formula is C29H40N4O6S2. The van der Waals surface area contributed by atoms with Crippen molar-refractivity contribution in [1.82, 2.24) is 14.2 Å². The number of aromatic nitrogens is 1. The number of benzene rings is 2. The number of anilines is 1. The molecule has 1 aliphatic heterocycles. The SMILES string of the molecule is CCCN(CCC)S(=O)(=O)c1ccc(C(=O)N(CCCN2CCOCC2)c2nc3c(OC)ccc(OC)c3s2)cc1. The van der Waals surface area contributed by atoms with Gasteiger partial charge in [-0.15, -0.1) is 0 Å². The Morgan fingerprint density at radius 2 is 1.61 bits per heavy atom. The van der Waals surface area contributed by atoms with E-state index in [4.69, 9.17) is 19.2 Å². The molecule has 1 fully saturated rings. The molecule has 1 aliphatic rings. The minimum absolute atomic E-state index is 0.185. The summed E-state index contributed by atoms with van der Waals surface area (Å²) in [5, 5.41) is 0.531. The van der Waals surface area contributed by atoms with Crippen molar-refractivity contribution in [3.63, 3.8) is 0 Å². The van der Waals surface area contributed by atoms with E-state index in [0.29, 0.717) is 60.6 Å². The summed E-state index contributed by atoms with van der Waals surface area (Å²) in [6, 6.07) is 9.86. The second-order valence-corrected chi connectivity index (χ2v) is 12.8. The number of nitrogens with zero attached hydrogens (tertiary/aromatic N) is 4. The van der Waals surface area contributed by atoms with Gasteiger partial charge in [-0.1, -0.05) is 25.2 Å². The summed E-state index contributed by atoms with van der Waals surface area (Å²) < 4.78 is 45.3. The molecule has 0 atom stereocenters. The van der Waals surface area contributed by atoms with E-state index in [1.54, 1.807) is 37.3 Å². The van der Waals surface area contributed by atoms with Crippen LogP contribution in [0.2, 0.25) is 0 Å². The fourth-order valence-corrected chi connectivity index (χ4v) is 7.60. The molecule has 3 aromatic rings. The molecule has 2 heterocycles. The number of rotatable bonds is 14. The molecule has 2 aromatic carbocycles. The quantitative estimate of drug-likeness (QED) is 0.265. The lowest BCUT2D eigenvalue weighted by Gasteiger charge is -2.27. The molecule has 0 aliphatic carbocycles. The lowest BCUT2D eigenvalue weighted by atomic mass is 10.2. The molecule has 224 valence electrons. The van der Waals surface area contributed by atoms with Crippen molar-refractivity contribution < 1.29 is 27.4 Å². The van der Waals surface area contributed by atoms with Crippen molar-refractivity contribution in [2.24, 2.45) is 0 Å². The minimum Gasteiger partial charge on any atom is -0.495 e. The van der Waals surface area contributed by atoms with Crippen LogP contribution in [0.3, 0.4) is 0 Å². The maximum atomic E-state index is 13.9. The van der Waals surface area contributed by atoms with Crippen LogP contribution >= 0.6 is 11.3 Å². The number of methoxy groups -OCH3 is 2. The summed E-state index contributed by atoms with van der Waals surface area (Å²) in [5.74, 6) is 1.01. The third kappa shape index (κ3) is 7.18. The Balaban J connectivity index is 1.64. The summed E-state index contributed by atoms with van der Waals surface area (Å²) in [7, 11) is -0.458. The first kappa shape index (κ1) is 31.2. The smallest absolute Gasteiger partial charge is 0.260 e. The van der Waals surface area contributed by atoms with Crippen molar-refractivity contribution >= 4 is 42.6 Å². The van der Waals surface area contributed by atoms with Crippen LogP contribution in [0, 0.1) is 0 Å². The van der Waals surface area contributed by atoms with E-state index in [0.717, 1.165) is 43.6 Å². The predicted molar refractivity (Wildman–Crippen MR) is 162 cm³/mol. The van der Waals surface area contributed by atoms with Crippen LogP contribution in [0.25, 0.3) is 10.2 Å². The normalized spacial score (nSPS) is 14.5. The summed E-state index contributed by atoms with van der Waals surface area (Å²) in [4.78, 5) is 22.9. The van der Waals surface area contributed by atoms with Gasteiger partial charge in [0.1, 0.15) is 21.7 Å². The Labute approximate surface area is 246 Å². The van der Waals surface area contributed by atoms with E-state index in [9.17, 15) is 13.2 Å². The van der Waals surface area contributed by atoms with E-state index >= 15 is 0 Å². The van der Waals surface area contributed by atoms with Gasteiger partial charge in [0, 0.05) is 44.8 Å². The van der Waals surface area contributed by atoms with Crippen molar-refractivity contribution in [3.8, 4) is 11.5 Å². The molecule has 0 unspecified atom stereocenters. The van der Waals surface area contributed by atoms with Gasteiger partial charge in [-0.05, 0) is 55.7 Å². The van der Waals surface area contributed by atoms with E-state index in [1.165, 1.54) is 27.8 Å². The molecular weight excluding hydrogens is 564 g/mol. The fraction of sp³-hybridized carbons (Fsp3) is 0.517. The van der Waals surface area contributed by atoms with Crippen LogP contribution in [0.15, 0.2) is 41.3 Å². The van der Waals surface area contributed by atoms with Gasteiger partial charge in [0.2, 0.25) is 10.0 Å². The molecule has 10 nitrogen and oxygen atoms in total. The second kappa shape index (κ2) is 14.4. The Morgan fingerprint density at radius 1 is 0.976 bits per heavy atom. The van der Waals surface area contributed by atoms with Crippen LogP contribution in [-0.4, -0.2) is 95.2 Å². The maximum Gasteiger partial charge on any atom is 0.260 e. The monoisotopic (exact) mass is 604 g/mol. The van der Waals surface area contributed by atoms with Crippen LogP contribution in [0.4, 0.5) is 5.13 Å². The second-order valence-electron chi connectivity index (χ2n) is 9.84. The topological polar surface area (TPSA) is 102 Å². The molecule has 12 heteroatoms. The first-order valence-corrected chi connectivity index (χ1v) is 16.3. The highest BCUT2D eigenvalue weighted by Crippen LogP contribution is 2.40. The number of sulfonamides is 1. The minimum atomic E-state index is -3.64. The van der Waals surface area contributed by atoms with E-state index in [2.05, 4.69) is 4.90 Å². The Bertz CT molecular complexity index is 1360. The van der Waals surface area contributed by atoms with Gasteiger partial charge in [0.25, 0.3) is 5.91 Å². The number of amides is 1. The Kier molecular flexibility index (Phi) is 11.0. The summed E-state index contributed by atoms with van der Waals surface area (Å²) in [5.41, 5.74) is 1.03. The average Bonchev–Trinajstić information content (AvgIpc) is 3.44. The number of hydrogen-bond donors (Lipinski definition) is 0. The van der Waals surface area contributed by atoms with Crippen molar-refractivity contribution in [3.05, 3.63) is 42.0 Å². The van der Waals surface area contributed by atoms with Crippen molar-refractivity contribution in [2.75, 3.05) is 71.6 Å². The number of carbonyl (C=O) groups excluding carboxylic acids is 1. The lowest BCUT2D eigenvalue weighted by molar-refractivity contribution is 0.0376. The van der Waals surface area contributed by atoms with Gasteiger partial charge in [0.05, 0.1) is 32.3 Å². The number of thiazole rings is 1. The fourth-order valence-electron chi connectivity index (χ4n) is 4.88. The van der Waals surface area contributed by atoms with Gasteiger partial charge in [-0.3, -0.25) is 14.6 Å². The third-order valence-electron chi connectivity index (χ3n) is 7.02. The van der Waals surface area contributed by atoms with Gasteiger partial charge >= 0.3 is 0 Å². The summed E-state index contributed by atoms with van der Waals surface area (Å²) in [6.07, 6.45) is 2.20. The van der Waals surface area contributed by atoms with E-state index in [-0.39, 0.29) is 10.8 Å². The average molecular weight is 605 g/mol. The standard InChI is InChI=1S/C29H40N4O6S2/c1-5-14-32(15-6-2)41(35,36)23-10-8-22(9-11-23)28(34)33(17-7-16-31-18-20-39-21-19-31)29-30-26-24(37-3)12-13-25(38-4)27(26)40-29/h8-13H,5-7,14-21H2,1-4H3. The van der Waals surface area contributed by atoms with Crippen LogP contribution in [0.1, 0.15) is 43.5 Å². The van der Waals surface area contributed by atoms with Gasteiger partial charge in [-0.2, -0.15) is 4.31 Å². The number of hydrogen-bond acceptors (Lipinski definition) is 9. The third-order valence-corrected chi connectivity index (χ3v) is 10.0. The number of fused-ring (bicyclic) bond motifs is 1. The molecule has 0 radical (unpaired) electrons. The predicted octanol–water partition coefficient (Wildman–Crippen LogP) is 4.49. The van der Waals surface area contributed by atoms with E-state index in [1.807, 2.05) is 19.9 Å².